The summed E-state index contributed by atoms with van der Waals surface area (Å²) in [4.78, 5) is 24.3. The van der Waals surface area contributed by atoms with Crippen molar-refractivity contribution in [3.05, 3.63) is 100 Å². The second-order valence-electron chi connectivity index (χ2n) is 5.99. The average molecular weight is 453 g/mol. The number of ether oxygens (including phenoxy) is 1. The Hall–Kier alpha value is -3.29. The number of hydrazone groups is 1. The molecule has 0 spiro atoms. The van der Waals surface area contributed by atoms with Crippen molar-refractivity contribution < 1.29 is 19.4 Å². The third-order valence-corrected chi connectivity index (χ3v) is 4.61. The van der Waals surface area contributed by atoms with Crippen molar-refractivity contribution in [1.82, 2.24) is 5.43 Å². The predicted octanol–water partition coefficient (Wildman–Crippen LogP) is 3.85. The van der Waals surface area contributed by atoms with E-state index in [4.69, 9.17) is 4.74 Å². The van der Waals surface area contributed by atoms with Gasteiger partial charge >= 0.3 is 5.97 Å². The van der Waals surface area contributed by atoms with Gasteiger partial charge < -0.3 is 9.84 Å². The summed E-state index contributed by atoms with van der Waals surface area (Å²) in [6, 6.07) is 22.2. The first-order valence-electron chi connectivity index (χ1n) is 8.67. The predicted molar refractivity (Wildman–Crippen MR) is 113 cm³/mol. The van der Waals surface area contributed by atoms with Gasteiger partial charge in [-0.1, -0.05) is 54.6 Å². The maximum Gasteiger partial charge on any atom is 0.344 e. The molecule has 1 unspecified atom stereocenters. The Balaban J connectivity index is 1.61. The van der Waals surface area contributed by atoms with E-state index in [0.717, 1.165) is 0 Å². The molecule has 3 aromatic carbocycles. The van der Waals surface area contributed by atoms with Crippen LogP contribution in [0.25, 0.3) is 0 Å². The molecule has 0 radical (unpaired) electrons. The molecule has 0 aliphatic rings. The second kappa shape index (κ2) is 9.77. The van der Waals surface area contributed by atoms with Crippen LogP contribution in [0.4, 0.5) is 0 Å². The minimum Gasteiger partial charge on any atom is -0.423 e. The van der Waals surface area contributed by atoms with E-state index >= 15 is 0 Å². The van der Waals surface area contributed by atoms with Gasteiger partial charge in [0.1, 0.15) is 5.75 Å². The van der Waals surface area contributed by atoms with Gasteiger partial charge in [0.05, 0.1) is 11.8 Å². The lowest BCUT2D eigenvalue weighted by molar-refractivity contribution is -0.129. The van der Waals surface area contributed by atoms with Crippen LogP contribution in [0.5, 0.6) is 5.75 Å². The number of hydrogen-bond donors (Lipinski definition) is 2. The van der Waals surface area contributed by atoms with Gasteiger partial charge in [-0.15, -0.1) is 0 Å². The molecule has 0 aromatic heterocycles. The number of nitrogens with zero attached hydrogens (tertiary/aromatic N) is 1. The Kier molecular flexibility index (Phi) is 6.89. The van der Waals surface area contributed by atoms with Gasteiger partial charge in [0.15, 0.2) is 6.10 Å². The fraction of sp³-hybridized carbons (Fsp3) is 0.0455. The van der Waals surface area contributed by atoms with Gasteiger partial charge in [-0.25, -0.2) is 10.2 Å². The summed E-state index contributed by atoms with van der Waals surface area (Å²) in [5, 5.41) is 13.9. The maximum absolute atomic E-state index is 12.3. The van der Waals surface area contributed by atoms with Crippen LogP contribution in [0.15, 0.2) is 88.4 Å². The molecule has 2 N–H and O–H groups in total. The lowest BCUT2D eigenvalue weighted by Crippen LogP contribution is -2.25. The summed E-state index contributed by atoms with van der Waals surface area (Å²) in [6.45, 7) is 0. The number of aliphatic hydroxyl groups is 1. The Morgan fingerprint density at radius 1 is 1.00 bits per heavy atom. The van der Waals surface area contributed by atoms with Crippen molar-refractivity contribution in [2.75, 3.05) is 0 Å². The summed E-state index contributed by atoms with van der Waals surface area (Å²) in [6.07, 6.45) is 0.0794. The smallest absolute Gasteiger partial charge is 0.344 e. The summed E-state index contributed by atoms with van der Waals surface area (Å²) in [7, 11) is 0. The molecule has 6 nitrogen and oxygen atoms in total. The first-order chi connectivity index (χ1) is 14.0. The van der Waals surface area contributed by atoms with E-state index in [1.54, 1.807) is 78.9 Å². The summed E-state index contributed by atoms with van der Waals surface area (Å²) < 4.78 is 6.03. The molecule has 29 heavy (non-hydrogen) atoms. The van der Waals surface area contributed by atoms with Crippen molar-refractivity contribution in [2.24, 2.45) is 5.10 Å². The highest BCUT2D eigenvalue weighted by atomic mass is 79.9. The number of rotatable bonds is 6. The highest BCUT2D eigenvalue weighted by molar-refractivity contribution is 9.10. The molecule has 0 saturated carbocycles. The number of esters is 1. The Morgan fingerprint density at radius 2 is 1.72 bits per heavy atom. The van der Waals surface area contributed by atoms with Gasteiger partial charge in [-0.3, -0.25) is 4.79 Å². The maximum atomic E-state index is 12.3. The first-order valence-corrected chi connectivity index (χ1v) is 9.46. The molecule has 7 heteroatoms. The van der Waals surface area contributed by atoms with Gasteiger partial charge in [0.25, 0.3) is 5.91 Å². The number of benzene rings is 3. The molecule has 0 fully saturated rings. The summed E-state index contributed by atoms with van der Waals surface area (Å²) >= 11 is 3.32. The van der Waals surface area contributed by atoms with Crippen molar-refractivity contribution in [2.45, 2.75) is 6.10 Å². The normalized spacial score (nSPS) is 11.8. The van der Waals surface area contributed by atoms with Crippen molar-refractivity contribution in [3.8, 4) is 5.75 Å². The second-order valence-corrected chi connectivity index (χ2v) is 6.84. The molecule has 146 valence electrons. The Morgan fingerprint density at radius 3 is 2.48 bits per heavy atom. The van der Waals surface area contributed by atoms with Crippen molar-refractivity contribution in [3.63, 3.8) is 0 Å². The van der Waals surface area contributed by atoms with Crippen LogP contribution in [0.2, 0.25) is 0 Å². The Bertz CT molecular complexity index is 1040. The molecule has 1 amide bonds. The largest absolute Gasteiger partial charge is 0.423 e. The van der Waals surface area contributed by atoms with E-state index in [9.17, 15) is 14.7 Å². The fourth-order valence-corrected chi connectivity index (χ4v) is 2.91. The molecule has 0 saturated heterocycles. The summed E-state index contributed by atoms with van der Waals surface area (Å²) in [5.41, 5.74) is 3.78. The highest BCUT2D eigenvalue weighted by Gasteiger charge is 2.16. The molecular formula is C22H17BrN2O4. The molecule has 0 heterocycles. The van der Waals surface area contributed by atoms with Gasteiger partial charge in [-0.2, -0.15) is 5.10 Å². The minimum absolute atomic E-state index is 0.338. The quantitative estimate of drug-likeness (QED) is 0.257. The monoisotopic (exact) mass is 452 g/mol. The number of amides is 1. The standard InChI is InChI=1S/C22H17BrN2O4/c23-19-12-5-4-11-18(19)22(28)29-17-10-6-7-15(13-17)14-24-25-21(27)20(26)16-8-2-1-3-9-16/h1-14,20,26H,(H,25,27). The number of halogens is 1. The van der Waals surface area contributed by atoms with E-state index in [-0.39, 0.29) is 0 Å². The van der Waals surface area contributed by atoms with Crippen LogP contribution >= 0.6 is 15.9 Å². The van der Waals surface area contributed by atoms with Crippen LogP contribution in [-0.4, -0.2) is 23.2 Å². The SMILES string of the molecule is O=C(Oc1cccc(C=NNC(=O)C(O)c2ccccc2)c1)c1ccccc1Br. The minimum atomic E-state index is -1.31. The molecule has 0 bridgehead atoms. The van der Waals surface area contributed by atoms with Gasteiger partial charge in [0, 0.05) is 4.47 Å². The van der Waals surface area contributed by atoms with Crippen LogP contribution < -0.4 is 10.2 Å². The van der Waals surface area contributed by atoms with Gasteiger partial charge in [-0.05, 0) is 51.3 Å². The number of nitrogens with one attached hydrogen (secondary N) is 1. The zero-order valence-electron chi connectivity index (χ0n) is 15.2. The number of aliphatic hydroxyl groups excluding tert-OH is 1. The molecular weight excluding hydrogens is 436 g/mol. The highest BCUT2D eigenvalue weighted by Crippen LogP contribution is 2.19. The van der Waals surface area contributed by atoms with E-state index in [1.165, 1.54) is 6.21 Å². The zero-order chi connectivity index (χ0) is 20.6. The van der Waals surface area contributed by atoms with Crippen molar-refractivity contribution in [1.29, 1.82) is 0 Å². The van der Waals surface area contributed by atoms with Crippen LogP contribution in [0.3, 0.4) is 0 Å². The lowest BCUT2D eigenvalue weighted by Gasteiger charge is -2.08. The Labute approximate surface area is 176 Å². The lowest BCUT2D eigenvalue weighted by atomic mass is 10.1. The molecule has 3 aromatic rings. The van der Waals surface area contributed by atoms with E-state index in [2.05, 4.69) is 26.5 Å². The van der Waals surface area contributed by atoms with Crippen LogP contribution in [0.1, 0.15) is 27.6 Å². The third-order valence-electron chi connectivity index (χ3n) is 3.91. The number of carbonyl (C=O) groups is 2. The number of carbonyl (C=O) groups excluding carboxylic acids is 2. The van der Waals surface area contributed by atoms with Crippen molar-refractivity contribution >= 4 is 34.0 Å². The zero-order valence-corrected chi connectivity index (χ0v) is 16.7. The number of hydrogen-bond acceptors (Lipinski definition) is 5. The summed E-state index contributed by atoms with van der Waals surface area (Å²) in [5.74, 6) is -0.805. The average Bonchev–Trinajstić information content (AvgIpc) is 2.74. The molecule has 1 atom stereocenters. The topological polar surface area (TPSA) is 88.0 Å². The van der Waals surface area contributed by atoms with E-state index < -0.39 is 18.0 Å². The first kappa shape index (κ1) is 20.4. The molecule has 0 aliphatic heterocycles. The van der Waals surface area contributed by atoms with E-state index in [1.807, 2.05) is 0 Å². The van der Waals surface area contributed by atoms with Crippen LogP contribution in [-0.2, 0) is 4.79 Å². The fourth-order valence-electron chi connectivity index (χ4n) is 2.47. The molecule has 3 rings (SSSR count). The molecule has 0 aliphatic carbocycles. The van der Waals surface area contributed by atoms with E-state index in [0.29, 0.717) is 26.9 Å². The third kappa shape index (κ3) is 5.60. The van der Waals surface area contributed by atoms with Gasteiger partial charge in [0.2, 0.25) is 0 Å². The van der Waals surface area contributed by atoms with Crippen LogP contribution in [0, 0.1) is 0 Å².